The first-order valence-electron chi connectivity index (χ1n) is 7.04. The van der Waals surface area contributed by atoms with E-state index in [2.05, 4.69) is 25.2 Å². The van der Waals surface area contributed by atoms with Gasteiger partial charge in [0, 0.05) is 12.6 Å². The lowest BCUT2D eigenvalue weighted by Crippen LogP contribution is -2.26. The van der Waals surface area contributed by atoms with Crippen LogP contribution in [0.25, 0.3) is 0 Å². The Morgan fingerprint density at radius 2 is 2.00 bits per heavy atom. The first kappa shape index (κ1) is 15.7. The van der Waals surface area contributed by atoms with Crippen molar-refractivity contribution in [1.82, 2.24) is 5.32 Å². The molecule has 0 fully saturated rings. The number of methoxy groups -OCH3 is 1. The third-order valence-corrected chi connectivity index (χ3v) is 3.31. The summed E-state index contributed by atoms with van der Waals surface area (Å²) in [5, 5.41) is 3.51. The molecular formula is C16H25NO2. The van der Waals surface area contributed by atoms with Crippen LogP contribution in [0.2, 0.25) is 0 Å². The zero-order chi connectivity index (χ0) is 14.1. The van der Waals surface area contributed by atoms with E-state index in [9.17, 15) is 4.79 Å². The Hall–Kier alpha value is -1.35. The molecule has 1 unspecified atom stereocenters. The molecule has 0 aliphatic carbocycles. The van der Waals surface area contributed by atoms with E-state index in [-0.39, 0.29) is 5.97 Å². The van der Waals surface area contributed by atoms with Crippen molar-refractivity contribution >= 4 is 5.97 Å². The normalized spacial score (nSPS) is 12.2. The molecule has 1 aromatic carbocycles. The average molecular weight is 263 g/mol. The Morgan fingerprint density at radius 3 is 2.63 bits per heavy atom. The lowest BCUT2D eigenvalue weighted by molar-refractivity contribution is -0.139. The van der Waals surface area contributed by atoms with Crippen LogP contribution in [0.15, 0.2) is 24.3 Å². The number of benzene rings is 1. The molecule has 1 aromatic rings. The summed E-state index contributed by atoms with van der Waals surface area (Å²) in [5.41, 5.74) is 2.22. The molecule has 0 radical (unpaired) electrons. The van der Waals surface area contributed by atoms with E-state index in [1.54, 1.807) is 0 Å². The van der Waals surface area contributed by atoms with Gasteiger partial charge in [0.1, 0.15) is 0 Å². The van der Waals surface area contributed by atoms with Gasteiger partial charge in [-0.05, 0) is 24.5 Å². The minimum Gasteiger partial charge on any atom is -0.469 e. The SMILES string of the molecule is CCCCC(C)NCc1ccccc1CC(=O)OC. The molecule has 0 aliphatic heterocycles. The second-order valence-electron chi connectivity index (χ2n) is 4.95. The minimum atomic E-state index is -0.188. The second-order valence-corrected chi connectivity index (χ2v) is 4.95. The average Bonchev–Trinajstić information content (AvgIpc) is 2.44. The molecule has 0 aliphatic rings. The molecule has 1 N–H and O–H groups in total. The van der Waals surface area contributed by atoms with Crippen LogP contribution in [-0.2, 0) is 22.5 Å². The van der Waals surface area contributed by atoms with Gasteiger partial charge in [0.05, 0.1) is 13.5 Å². The van der Waals surface area contributed by atoms with E-state index >= 15 is 0 Å². The molecule has 1 rings (SSSR count). The van der Waals surface area contributed by atoms with E-state index < -0.39 is 0 Å². The van der Waals surface area contributed by atoms with Gasteiger partial charge < -0.3 is 10.1 Å². The Labute approximate surface area is 116 Å². The maximum absolute atomic E-state index is 11.4. The standard InChI is InChI=1S/C16H25NO2/c1-4-5-8-13(2)17-12-15-10-7-6-9-14(15)11-16(18)19-3/h6-7,9-10,13,17H,4-5,8,11-12H2,1-3H3. The number of unbranched alkanes of at least 4 members (excludes halogenated alkanes) is 1. The fourth-order valence-corrected chi connectivity index (χ4v) is 2.03. The van der Waals surface area contributed by atoms with Gasteiger partial charge in [0.25, 0.3) is 0 Å². The van der Waals surface area contributed by atoms with Crippen LogP contribution >= 0.6 is 0 Å². The molecule has 1 atom stereocenters. The molecule has 0 amide bonds. The highest BCUT2D eigenvalue weighted by atomic mass is 16.5. The van der Waals surface area contributed by atoms with Crippen LogP contribution in [0.3, 0.4) is 0 Å². The van der Waals surface area contributed by atoms with Gasteiger partial charge in [0.15, 0.2) is 0 Å². The van der Waals surface area contributed by atoms with Gasteiger partial charge >= 0.3 is 5.97 Å². The van der Waals surface area contributed by atoms with Gasteiger partial charge in [0.2, 0.25) is 0 Å². The van der Waals surface area contributed by atoms with Crippen LogP contribution in [-0.4, -0.2) is 19.1 Å². The highest BCUT2D eigenvalue weighted by Crippen LogP contribution is 2.11. The fraction of sp³-hybridized carbons (Fsp3) is 0.562. The van der Waals surface area contributed by atoms with Crippen molar-refractivity contribution in [3.63, 3.8) is 0 Å². The van der Waals surface area contributed by atoms with Gasteiger partial charge in [-0.15, -0.1) is 0 Å². The first-order chi connectivity index (χ1) is 9.17. The van der Waals surface area contributed by atoms with Crippen LogP contribution in [0.5, 0.6) is 0 Å². The van der Waals surface area contributed by atoms with E-state index in [1.807, 2.05) is 18.2 Å². The van der Waals surface area contributed by atoms with E-state index in [4.69, 9.17) is 4.74 Å². The van der Waals surface area contributed by atoms with Gasteiger partial charge in [-0.25, -0.2) is 0 Å². The summed E-state index contributed by atoms with van der Waals surface area (Å²) < 4.78 is 4.73. The number of ether oxygens (including phenoxy) is 1. The number of hydrogen-bond acceptors (Lipinski definition) is 3. The number of carbonyl (C=O) groups excluding carboxylic acids is 1. The summed E-state index contributed by atoms with van der Waals surface area (Å²) in [7, 11) is 1.43. The van der Waals surface area contributed by atoms with E-state index in [0.29, 0.717) is 12.5 Å². The molecule has 0 saturated heterocycles. The number of nitrogens with one attached hydrogen (secondary N) is 1. The summed E-state index contributed by atoms with van der Waals surface area (Å²) >= 11 is 0. The number of carbonyl (C=O) groups is 1. The van der Waals surface area contributed by atoms with Crippen molar-refractivity contribution in [3.8, 4) is 0 Å². The molecule has 0 spiro atoms. The molecule has 0 saturated carbocycles. The summed E-state index contributed by atoms with van der Waals surface area (Å²) in [6.07, 6.45) is 4.01. The first-order valence-corrected chi connectivity index (χ1v) is 7.04. The Bertz CT molecular complexity index is 390. The quantitative estimate of drug-likeness (QED) is 0.733. The van der Waals surface area contributed by atoms with E-state index in [1.165, 1.54) is 31.9 Å². The van der Waals surface area contributed by atoms with Gasteiger partial charge in [-0.2, -0.15) is 0 Å². The number of hydrogen-bond donors (Lipinski definition) is 1. The van der Waals surface area contributed by atoms with Crippen LogP contribution < -0.4 is 5.32 Å². The van der Waals surface area contributed by atoms with Crippen LogP contribution in [0.4, 0.5) is 0 Å². The minimum absolute atomic E-state index is 0.188. The zero-order valence-electron chi connectivity index (χ0n) is 12.2. The predicted octanol–water partition coefficient (Wildman–Crippen LogP) is 3.07. The van der Waals surface area contributed by atoms with Gasteiger partial charge in [-0.3, -0.25) is 4.79 Å². The summed E-state index contributed by atoms with van der Waals surface area (Å²) in [4.78, 5) is 11.4. The highest BCUT2D eigenvalue weighted by Gasteiger charge is 2.08. The number of rotatable bonds is 8. The Kier molecular flexibility index (Phi) is 7.19. The molecule has 3 nitrogen and oxygen atoms in total. The fourth-order valence-electron chi connectivity index (χ4n) is 2.03. The molecule has 106 valence electrons. The van der Waals surface area contributed by atoms with Crippen molar-refractivity contribution in [2.75, 3.05) is 7.11 Å². The van der Waals surface area contributed by atoms with Crippen LogP contribution in [0, 0.1) is 0 Å². The molecule has 0 heterocycles. The molecule has 0 aromatic heterocycles. The molecule has 3 heteroatoms. The highest BCUT2D eigenvalue weighted by molar-refractivity contribution is 5.72. The third kappa shape index (κ3) is 5.88. The smallest absolute Gasteiger partial charge is 0.309 e. The van der Waals surface area contributed by atoms with Crippen LogP contribution in [0.1, 0.15) is 44.2 Å². The lowest BCUT2D eigenvalue weighted by atomic mass is 10.0. The maximum Gasteiger partial charge on any atom is 0.309 e. The topological polar surface area (TPSA) is 38.3 Å². The Balaban J connectivity index is 2.55. The van der Waals surface area contributed by atoms with E-state index in [0.717, 1.165) is 12.1 Å². The monoisotopic (exact) mass is 263 g/mol. The zero-order valence-corrected chi connectivity index (χ0v) is 12.2. The molecule has 0 bridgehead atoms. The summed E-state index contributed by atoms with van der Waals surface area (Å²) in [6, 6.07) is 8.53. The number of esters is 1. The second kappa shape index (κ2) is 8.70. The van der Waals surface area contributed by atoms with Crippen molar-refractivity contribution < 1.29 is 9.53 Å². The largest absolute Gasteiger partial charge is 0.469 e. The van der Waals surface area contributed by atoms with Crippen molar-refractivity contribution in [3.05, 3.63) is 35.4 Å². The van der Waals surface area contributed by atoms with Crippen molar-refractivity contribution in [2.24, 2.45) is 0 Å². The summed E-state index contributed by atoms with van der Waals surface area (Å²) in [6.45, 7) is 5.22. The predicted molar refractivity (Wildman–Crippen MR) is 78.0 cm³/mol. The maximum atomic E-state index is 11.4. The van der Waals surface area contributed by atoms with Crippen molar-refractivity contribution in [2.45, 2.75) is 52.1 Å². The Morgan fingerprint density at radius 1 is 1.32 bits per heavy atom. The lowest BCUT2D eigenvalue weighted by Gasteiger charge is -2.15. The van der Waals surface area contributed by atoms with Crippen molar-refractivity contribution in [1.29, 1.82) is 0 Å². The molecular weight excluding hydrogens is 238 g/mol. The summed E-state index contributed by atoms with van der Waals surface area (Å²) in [5.74, 6) is -0.188. The molecule has 19 heavy (non-hydrogen) atoms. The van der Waals surface area contributed by atoms with Gasteiger partial charge in [-0.1, -0.05) is 44.0 Å². The third-order valence-electron chi connectivity index (χ3n) is 3.31.